The van der Waals surface area contributed by atoms with Crippen LogP contribution in [0.5, 0.6) is 0 Å². The summed E-state index contributed by atoms with van der Waals surface area (Å²) in [5.74, 6) is -0.112. The molecule has 144 valence electrons. The highest BCUT2D eigenvalue weighted by Crippen LogP contribution is 2.22. The van der Waals surface area contributed by atoms with Crippen LogP contribution in [0.1, 0.15) is 32.2 Å². The van der Waals surface area contributed by atoms with E-state index in [9.17, 15) is 9.59 Å². The standard InChI is InChI=1S/C20H20N4O4/c1-13(25)27-20(2,3)19(26)22-16-9-5-4-7-14(16)11-17-23-18(24-28-17)15-8-6-10-21-12-15/h4-10,12H,11H2,1-3H3,(H,22,26). The number of ether oxygens (including phenoxy) is 1. The van der Waals surface area contributed by atoms with Crippen LogP contribution < -0.4 is 5.32 Å². The van der Waals surface area contributed by atoms with E-state index in [4.69, 9.17) is 9.26 Å². The van der Waals surface area contributed by atoms with Crippen molar-refractivity contribution >= 4 is 17.6 Å². The predicted molar refractivity (Wildman–Crippen MR) is 101 cm³/mol. The highest BCUT2D eigenvalue weighted by molar-refractivity contribution is 5.98. The SMILES string of the molecule is CC(=O)OC(C)(C)C(=O)Nc1ccccc1Cc1nc(-c2cccnc2)no1. The summed E-state index contributed by atoms with van der Waals surface area (Å²) >= 11 is 0. The first-order valence-electron chi connectivity index (χ1n) is 8.67. The van der Waals surface area contributed by atoms with E-state index in [-0.39, 0.29) is 0 Å². The van der Waals surface area contributed by atoms with E-state index < -0.39 is 17.5 Å². The Kier molecular flexibility index (Phi) is 5.49. The second-order valence-corrected chi connectivity index (χ2v) is 6.65. The van der Waals surface area contributed by atoms with Crippen molar-refractivity contribution in [2.75, 3.05) is 5.32 Å². The first-order valence-corrected chi connectivity index (χ1v) is 8.67. The summed E-state index contributed by atoms with van der Waals surface area (Å²) in [4.78, 5) is 32.1. The monoisotopic (exact) mass is 380 g/mol. The third kappa shape index (κ3) is 4.59. The number of carbonyl (C=O) groups excluding carboxylic acids is 2. The predicted octanol–water partition coefficient (Wildman–Crippen LogP) is 3.00. The number of anilines is 1. The minimum atomic E-state index is -1.29. The molecule has 2 heterocycles. The lowest BCUT2D eigenvalue weighted by molar-refractivity contribution is -0.160. The fourth-order valence-corrected chi connectivity index (χ4v) is 2.58. The Balaban J connectivity index is 1.77. The van der Waals surface area contributed by atoms with E-state index in [2.05, 4.69) is 20.4 Å². The molecule has 3 rings (SSSR count). The fourth-order valence-electron chi connectivity index (χ4n) is 2.58. The highest BCUT2D eigenvalue weighted by atomic mass is 16.6. The molecule has 0 aliphatic heterocycles. The van der Waals surface area contributed by atoms with Gasteiger partial charge in [0.2, 0.25) is 11.7 Å². The molecule has 1 amide bonds. The van der Waals surface area contributed by atoms with Crippen LogP contribution in [0.2, 0.25) is 0 Å². The minimum Gasteiger partial charge on any atom is -0.450 e. The van der Waals surface area contributed by atoms with E-state index in [0.29, 0.717) is 23.8 Å². The van der Waals surface area contributed by atoms with Crippen LogP contribution in [0.25, 0.3) is 11.4 Å². The highest BCUT2D eigenvalue weighted by Gasteiger charge is 2.31. The van der Waals surface area contributed by atoms with Crippen LogP contribution in [-0.4, -0.2) is 32.6 Å². The van der Waals surface area contributed by atoms with E-state index in [1.54, 1.807) is 30.6 Å². The normalized spacial score (nSPS) is 11.1. The Hall–Kier alpha value is -3.55. The molecule has 28 heavy (non-hydrogen) atoms. The summed E-state index contributed by atoms with van der Waals surface area (Å²) in [7, 11) is 0. The van der Waals surface area contributed by atoms with Crippen molar-refractivity contribution in [1.29, 1.82) is 0 Å². The average molecular weight is 380 g/mol. The lowest BCUT2D eigenvalue weighted by atomic mass is 10.1. The van der Waals surface area contributed by atoms with Crippen LogP contribution in [0.4, 0.5) is 5.69 Å². The number of hydrogen-bond acceptors (Lipinski definition) is 7. The van der Waals surface area contributed by atoms with Crippen LogP contribution in [0.3, 0.4) is 0 Å². The molecule has 0 bridgehead atoms. The Bertz CT molecular complexity index is 983. The van der Waals surface area contributed by atoms with Gasteiger partial charge in [0, 0.05) is 30.6 Å². The zero-order valence-electron chi connectivity index (χ0n) is 15.8. The number of carbonyl (C=O) groups is 2. The Labute approximate surface area is 161 Å². The fraction of sp³-hybridized carbons (Fsp3) is 0.250. The van der Waals surface area contributed by atoms with Crippen molar-refractivity contribution < 1.29 is 18.8 Å². The molecule has 0 aliphatic carbocycles. The zero-order chi connectivity index (χ0) is 20.1. The van der Waals surface area contributed by atoms with Gasteiger partial charge in [0.25, 0.3) is 5.91 Å². The number of pyridine rings is 1. The molecule has 8 heteroatoms. The van der Waals surface area contributed by atoms with Crippen LogP contribution in [0.15, 0.2) is 53.3 Å². The summed E-state index contributed by atoms with van der Waals surface area (Å²) in [6, 6.07) is 10.9. The van der Waals surface area contributed by atoms with Gasteiger partial charge >= 0.3 is 5.97 Å². The molecular formula is C20H20N4O4. The zero-order valence-corrected chi connectivity index (χ0v) is 15.8. The molecule has 8 nitrogen and oxygen atoms in total. The van der Waals surface area contributed by atoms with Gasteiger partial charge in [0.05, 0.1) is 6.42 Å². The van der Waals surface area contributed by atoms with Gasteiger partial charge < -0.3 is 14.6 Å². The lowest BCUT2D eigenvalue weighted by Gasteiger charge is -2.23. The quantitative estimate of drug-likeness (QED) is 0.655. The Morgan fingerprint density at radius 2 is 1.96 bits per heavy atom. The maximum atomic E-state index is 12.5. The molecule has 1 aromatic carbocycles. The Morgan fingerprint density at radius 3 is 2.68 bits per heavy atom. The van der Waals surface area contributed by atoms with Crippen molar-refractivity contribution in [1.82, 2.24) is 15.1 Å². The van der Waals surface area contributed by atoms with E-state index >= 15 is 0 Å². The largest absolute Gasteiger partial charge is 0.450 e. The third-order valence-electron chi connectivity index (χ3n) is 3.94. The number of para-hydroxylation sites is 1. The molecular weight excluding hydrogens is 360 g/mol. The van der Waals surface area contributed by atoms with E-state index in [0.717, 1.165) is 11.1 Å². The number of aromatic nitrogens is 3. The number of benzene rings is 1. The van der Waals surface area contributed by atoms with Crippen molar-refractivity contribution in [2.24, 2.45) is 0 Å². The maximum absolute atomic E-state index is 12.5. The number of rotatable bonds is 6. The molecule has 0 atom stereocenters. The van der Waals surface area contributed by atoms with Crippen LogP contribution >= 0.6 is 0 Å². The van der Waals surface area contributed by atoms with E-state index in [1.807, 2.05) is 18.2 Å². The second-order valence-electron chi connectivity index (χ2n) is 6.65. The van der Waals surface area contributed by atoms with Gasteiger partial charge in [-0.1, -0.05) is 23.4 Å². The summed E-state index contributed by atoms with van der Waals surface area (Å²) < 4.78 is 10.4. The Morgan fingerprint density at radius 1 is 1.18 bits per heavy atom. The molecule has 1 N–H and O–H groups in total. The molecule has 3 aromatic rings. The molecule has 0 aliphatic rings. The first kappa shape index (κ1) is 19.2. The van der Waals surface area contributed by atoms with Gasteiger partial charge in [-0.05, 0) is 37.6 Å². The van der Waals surface area contributed by atoms with Gasteiger partial charge in [-0.2, -0.15) is 4.98 Å². The topological polar surface area (TPSA) is 107 Å². The van der Waals surface area contributed by atoms with Crippen LogP contribution in [0, 0.1) is 0 Å². The molecule has 0 unspecified atom stereocenters. The van der Waals surface area contributed by atoms with Crippen molar-refractivity contribution in [3.63, 3.8) is 0 Å². The maximum Gasteiger partial charge on any atom is 0.303 e. The smallest absolute Gasteiger partial charge is 0.303 e. The van der Waals surface area contributed by atoms with Crippen LogP contribution in [-0.2, 0) is 20.7 Å². The van der Waals surface area contributed by atoms with Gasteiger partial charge in [-0.25, -0.2) is 0 Å². The second kappa shape index (κ2) is 7.99. The number of nitrogens with one attached hydrogen (secondary N) is 1. The van der Waals surface area contributed by atoms with Crippen molar-refractivity contribution in [3.05, 3.63) is 60.2 Å². The lowest BCUT2D eigenvalue weighted by Crippen LogP contribution is -2.41. The van der Waals surface area contributed by atoms with E-state index in [1.165, 1.54) is 20.8 Å². The molecule has 0 spiro atoms. The van der Waals surface area contributed by atoms with Gasteiger partial charge in [0.15, 0.2) is 5.60 Å². The number of nitrogens with zero attached hydrogens (tertiary/aromatic N) is 3. The number of esters is 1. The van der Waals surface area contributed by atoms with Crippen molar-refractivity contribution in [3.8, 4) is 11.4 Å². The minimum absolute atomic E-state index is 0.331. The van der Waals surface area contributed by atoms with Crippen molar-refractivity contribution in [2.45, 2.75) is 32.8 Å². The average Bonchev–Trinajstić information content (AvgIpc) is 3.11. The molecule has 0 fully saturated rings. The third-order valence-corrected chi connectivity index (χ3v) is 3.94. The first-order chi connectivity index (χ1) is 13.3. The summed E-state index contributed by atoms with van der Waals surface area (Å²) in [6.07, 6.45) is 3.65. The molecule has 2 aromatic heterocycles. The van der Waals surface area contributed by atoms with Gasteiger partial charge in [-0.15, -0.1) is 0 Å². The number of hydrogen-bond donors (Lipinski definition) is 1. The summed E-state index contributed by atoms with van der Waals surface area (Å²) in [6.45, 7) is 4.33. The summed E-state index contributed by atoms with van der Waals surface area (Å²) in [5, 5.41) is 6.77. The molecule has 0 saturated carbocycles. The van der Waals surface area contributed by atoms with Gasteiger partial charge in [-0.3, -0.25) is 14.6 Å². The molecule has 0 saturated heterocycles. The molecule has 0 radical (unpaired) electrons. The summed E-state index contributed by atoms with van der Waals surface area (Å²) in [5.41, 5.74) is 0.823. The van der Waals surface area contributed by atoms with Gasteiger partial charge in [0.1, 0.15) is 0 Å². The number of amides is 1.